The molecule has 222 valence electrons. The average Bonchev–Trinajstić information content (AvgIpc) is 3.26. The van der Waals surface area contributed by atoms with E-state index in [1.54, 1.807) is 10.7 Å². The lowest BCUT2D eigenvalue weighted by Crippen LogP contribution is -2.45. The first kappa shape index (κ1) is 29.0. The molecule has 0 bridgehead atoms. The van der Waals surface area contributed by atoms with Crippen LogP contribution in [-0.4, -0.2) is 88.0 Å². The Balaban J connectivity index is 1.23. The minimum absolute atomic E-state index is 0.0566. The fourth-order valence-corrected chi connectivity index (χ4v) is 4.34. The fourth-order valence-electron chi connectivity index (χ4n) is 4.34. The van der Waals surface area contributed by atoms with Gasteiger partial charge >= 0.3 is 6.36 Å². The Morgan fingerprint density at radius 2 is 1.86 bits per heavy atom. The zero-order valence-electron chi connectivity index (χ0n) is 22.7. The van der Waals surface area contributed by atoms with Crippen LogP contribution in [0.2, 0.25) is 0 Å². The van der Waals surface area contributed by atoms with Crippen molar-refractivity contribution in [1.29, 1.82) is 0 Å². The molecule has 0 aliphatic carbocycles. The molecule has 11 nitrogen and oxygen atoms in total. The van der Waals surface area contributed by atoms with Crippen LogP contribution in [0, 0.1) is 12.7 Å². The van der Waals surface area contributed by atoms with Crippen molar-refractivity contribution in [3.63, 3.8) is 0 Å². The van der Waals surface area contributed by atoms with Crippen LogP contribution in [0.15, 0.2) is 49.1 Å². The van der Waals surface area contributed by atoms with Gasteiger partial charge in [-0.15, -0.1) is 13.2 Å². The largest absolute Gasteiger partial charge is 0.574 e. The maximum absolute atomic E-state index is 15.0. The number of hydrogen-bond acceptors (Lipinski definition) is 9. The molecule has 1 amide bonds. The van der Waals surface area contributed by atoms with Gasteiger partial charge in [-0.2, -0.15) is 10.1 Å². The van der Waals surface area contributed by atoms with E-state index in [0.717, 1.165) is 62.7 Å². The Morgan fingerprint density at radius 1 is 1.07 bits per heavy atom. The number of nitrogens with one attached hydrogen (secondary N) is 1. The van der Waals surface area contributed by atoms with Crippen molar-refractivity contribution in [2.45, 2.75) is 13.3 Å². The van der Waals surface area contributed by atoms with Crippen LogP contribution in [0.25, 0.3) is 5.52 Å². The zero-order valence-corrected chi connectivity index (χ0v) is 22.7. The molecular weight excluding hydrogens is 562 g/mol. The molecule has 15 heteroatoms. The van der Waals surface area contributed by atoms with Gasteiger partial charge in [0, 0.05) is 62.3 Å². The molecule has 1 aliphatic rings. The first-order valence-electron chi connectivity index (χ1n) is 12.9. The number of alkyl halides is 3. The molecule has 4 heterocycles. The van der Waals surface area contributed by atoms with E-state index < -0.39 is 24.0 Å². The molecule has 1 aromatic carbocycles. The van der Waals surface area contributed by atoms with Crippen LogP contribution in [0.5, 0.6) is 23.3 Å². The monoisotopic (exact) mass is 589 g/mol. The number of rotatable bonds is 9. The van der Waals surface area contributed by atoms with Crippen LogP contribution in [0.3, 0.4) is 0 Å². The Hall–Kier alpha value is -4.50. The van der Waals surface area contributed by atoms with Gasteiger partial charge in [-0.1, -0.05) is 0 Å². The lowest BCUT2D eigenvalue weighted by atomic mass is 10.2. The van der Waals surface area contributed by atoms with Crippen LogP contribution in [0.4, 0.5) is 23.2 Å². The number of amides is 1. The number of anilines is 1. The number of pyridine rings is 1. The molecule has 1 N–H and O–H groups in total. The van der Waals surface area contributed by atoms with Gasteiger partial charge in [0.05, 0.1) is 11.8 Å². The molecule has 1 fully saturated rings. The molecule has 0 atom stereocenters. The third kappa shape index (κ3) is 7.03. The summed E-state index contributed by atoms with van der Waals surface area (Å²) in [5.74, 6) is -1.64. The van der Waals surface area contributed by atoms with Gasteiger partial charge in [-0.25, -0.2) is 13.9 Å². The highest BCUT2D eigenvalue weighted by Gasteiger charge is 2.31. The van der Waals surface area contributed by atoms with Crippen molar-refractivity contribution in [1.82, 2.24) is 29.4 Å². The summed E-state index contributed by atoms with van der Waals surface area (Å²) in [4.78, 5) is 24.7. The summed E-state index contributed by atoms with van der Waals surface area (Å²) in [5, 5.41) is 6.67. The highest BCUT2D eigenvalue weighted by molar-refractivity contribution is 6.04. The predicted octanol–water partition coefficient (Wildman–Crippen LogP) is 4.14. The second kappa shape index (κ2) is 12.2. The number of likely N-dealkylation sites (N-methyl/N-ethyl adjacent to an activating group) is 1. The van der Waals surface area contributed by atoms with Gasteiger partial charge in [-0.05, 0) is 32.2 Å². The first-order valence-corrected chi connectivity index (χ1v) is 12.9. The fraction of sp³-hybridized carbons (Fsp3) is 0.333. The summed E-state index contributed by atoms with van der Waals surface area (Å²) >= 11 is 0. The molecule has 5 rings (SSSR count). The smallest absolute Gasteiger partial charge is 0.490 e. The minimum Gasteiger partial charge on any atom is -0.490 e. The third-order valence-electron chi connectivity index (χ3n) is 6.62. The molecule has 0 unspecified atom stereocenters. The second-order valence-electron chi connectivity index (χ2n) is 9.60. The molecule has 1 aliphatic heterocycles. The van der Waals surface area contributed by atoms with Gasteiger partial charge in [0.2, 0.25) is 11.8 Å². The maximum Gasteiger partial charge on any atom is 0.574 e. The Morgan fingerprint density at radius 3 is 2.55 bits per heavy atom. The molecule has 3 aromatic heterocycles. The predicted molar refractivity (Wildman–Crippen MR) is 143 cm³/mol. The lowest BCUT2D eigenvalue weighted by Gasteiger charge is -2.32. The van der Waals surface area contributed by atoms with Crippen molar-refractivity contribution in [3.05, 3.63) is 66.0 Å². The number of hydrogen-bond donors (Lipinski definition) is 1. The second-order valence-corrected chi connectivity index (χ2v) is 9.60. The van der Waals surface area contributed by atoms with E-state index in [2.05, 4.69) is 42.0 Å². The van der Waals surface area contributed by atoms with Crippen LogP contribution < -0.4 is 19.5 Å². The van der Waals surface area contributed by atoms with Crippen molar-refractivity contribution >= 4 is 17.1 Å². The summed E-state index contributed by atoms with van der Waals surface area (Å²) < 4.78 is 68.9. The molecule has 1 saturated heterocycles. The van der Waals surface area contributed by atoms with E-state index in [9.17, 15) is 22.4 Å². The Labute approximate surface area is 237 Å². The highest BCUT2D eigenvalue weighted by atomic mass is 19.4. The minimum atomic E-state index is -4.91. The molecule has 42 heavy (non-hydrogen) atoms. The standard InChI is InChI=1S/C27H27F4N7O4/c1-17-22(40-12-11-37-9-7-36(2)8-10-37)15-38-24(17)26(33-16-34-38)41-21-5-4-19(13-20(21)28)35-25(39)18-3-6-23(32-14-18)42-27(29,30)31/h3-6,13-16H,7-12H2,1-2H3,(H,35,39). The molecule has 4 aromatic rings. The molecule has 0 spiro atoms. The van der Waals surface area contributed by atoms with E-state index in [4.69, 9.17) is 9.47 Å². The molecular formula is C27H27F4N7O4. The quantitative estimate of drug-likeness (QED) is 0.289. The van der Waals surface area contributed by atoms with E-state index in [0.29, 0.717) is 17.9 Å². The average molecular weight is 590 g/mol. The van der Waals surface area contributed by atoms with Gasteiger partial charge in [0.1, 0.15) is 24.2 Å². The lowest BCUT2D eigenvalue weighted by molar-refractivity contribution is -0.276. The highest BCUT2D eigenvalue weighted by Crippen LogP contribution is 2.33. The van der Waals surface area contributed by atoms with E-state index in [1.807, 2.05) is 6.92 Å². The summed E-state index contributed by atoms with van der Waals surface area (Å²) in [5.41, 5.74) is 1.27. The van der Waals surface area contributed by atoms with Gasteiger partial charge in [0.25, 0.3) is 5.91 Å². The molecule has 0 radical (unpaired) electrons. The Kier molecular flexibility index (Phi) is 8.40. The van der Waals surface area contributed by atoms with Crippen LogP contribution in [-0.2, 0) is 0 Å². The van der Waals surface area contributed by atoms with Crippen LogP contribution >= 0.6 is 0 Å². The number of aryl methyl sites for hydroxylation is 1. The summed E-state index contributed by atoms with van der Waals surface area (Å²) in [7, 11) is 2.10. The molecule has 0 saturated carbocycles. The number of ether oxygens (including phenoxy) is 3. The van der Waals surface area contributed by atoms with Crippen molar-refractivity contribution < 1.29 is 36.6 Å². The van der Waals surface area contributed by atoms with Gasteiger partial charge in [0.15, 0.2) is 11.6 Å². The van der Waals surface area contributed by atoms with Gasteiger partial charge < -0.3 is 24.4 Å². The number of carbonyl (C=O) groups excluding carboxylic acids is 1. The zero-order chi connectivity index (χ0) is 29.9. The van der Waals surface area contributed by atoms with Crippen LogP contribution in [0.1, 0.15) is 15.9 Å². The van der Waals surface area contributed by atoms with Crippen molar-refractivity contribution in [2.75, 3.05) is 51.7 Å². The number of piperazine rings is 1. The third-order valence-corrected chi connectivity index (χ3v) is 6.62. The SMILES string of the molecule is Cc1c(OCCN2CCN(C)CC2)cn2ncnc(Oc3ccc(NC(=O)c4ccc(OC(F)(F)F)nc4)cc3F)c12. The first-order chi connectivity index (χ1) is 20.1. The summed E-state index contributed by atoms with van der Waals surface area (Å²) in [6, 6.07) is 5.75. The maximum atomic E-state index is 15.0. The van der Waals surface area contributed by atoms with E-state index in [-0.39, 0.29) is 22.9 Å². The Bertz CT molecular complexity index is 1550. The van der Waals surface area contributed by atoms with E-state index >= 15 is 0 Å². The number of fused-ring (bicyclic) bond motifs is 1. The number of benzene rings is 1. The number of nitrogens with zero attached hydrogens (tertiary/aromatic N) is 6. The van der Waals surface area contributed by atoms with Crippen molar-refractivity contribution in [3.8, 4) is 23.3 Å². The van der Waals surface area contributed by atoms with E-state index in [1.165, 1.54) is 18.5 Å². The number of halogens is 4. The summed E-state index contributed by atoms with van der Waals surface area (Å²) in [6.45, 7) is 7.13. The number of aromatic nitrogens is 4. The summed E-state index contributed by atoms with van der Waals surface area (Å²) in [6.07, 6.45) is -0.998. The number of carbonyl (C=O) groups is 1. The van der Waals surface area contributed by atoms with Crippen molar-refractivity contribution in [2.24, 2.45) is 0 Å². The topological polar surface area (TPSA) is 106 Å². The normalized spacial score (nSPS) is 14.6. The van der Waals surface area contributed by atoms with Gasteiger partial charge in [-0.3, -0.25) is 9.69 Å².